The van der Waals surface area contributed by atoms with Crippen LogP contribution in [0.15, 0.2) is 12.5 Å². The first-order chi connectivity index (χ1) is 10.1. The van der Waals surface area contributed by atoms with Gasteiger partial charge in [0.1, 0.15) is 16.7 Å². The Morgan fingerprint density at radius 2 is 2.24 bits per heavy atom. The van der Waals surface area contributed by atoms with Gasteiger partial charge in [0, 0.05) is 11.1 Å². The van der Waals surface area contributed by atoms with E-state index in [1.807, 2.05) is 0 Å². The van der Waals surface area contributed by atoms with Crippen LogP contribution in [0.2, 0.25) is 0 Å². The molecule has 1 aliphatic rings. The molecule has 0 saturated heterocycles. The summed E-state index contributed by atoms with van der Waals surface area (Å²) < 4.78 is 1.56. The fourth-order valence-corrected chi connectivity index (χ4v) is 4.09. The maximum Gasteiger partial charge on any atom is 0.339 e. The van der Waals surface area contributed by atoms with E-state index in [1.54, 1.807) is 22.9 Å². The van der Waals surface area contributed by atoms with Gasteiger partial charge >= 0.3 is 5.97 Å². The van der Waals surface area contributed by atoms with E-state index in [-0.39, 0.29) is 5.56 Å². The molecule has 0 aliphatic heterocycles. The summed E-state index contributed by atoms with van der Waals surface area (Å²) in [5, 5.41) is 14.5. The number of rotatable bonds is 2. The smallest absolute Gasteiger partial charge is 0.339 e. The molecular weight excluding hydrogens is 288 g/mol. The summed E-state index contributed by atoms with van der Waals surface area (Å²) in [6, 6.07) is 0. The molecule has 0 aromatic carbocycles. The molecule has 3 aromatic heterocycles. The van der Waals surface area contributed by atoms with Crippen molar-refractivity contribution in [1.29, 1.82) is 0 Å². The van der Waals surface area contributed by atoms with Crippen LogP contribution < -0.4 is 0 Å². The lowest BCUT2D eigenvalue weighted by atomic mass is 10.2. The van der Waals surface area contributed by atoms with Gasteiger partial charge in [-0.25, -0.2) is 19.4 Å². The Labute approximate surface area is 124 Å². The number of carboxylic acids is 1. The van der Waals surface area contributed by atoms with Gasteiger partial charge in [0.2, 0.25) is 0 Å². The van der Waals surface area contributed by atoms with Gasteiger partial charge in [-0.2, -0.15) is 5.10 Å². The number of hydrogen-bond donors (Lipinski definition) is 1. The van der Waals surface area contributed by atoms with Crippen molar-refractivity contribution in [1.82, 2.24) is 19.7 Å². The molecule has 7 heteroatoms. The Kier molecular flexibility index (Phi) is 2.58. The van der Waals surface area contributed by atoms with Crippen LogP contribution in [0.4, 0.5) is 0 Å². The van der Waals surface area contributed by atoms with Crippen molar-refractivity contribution in [3.05, 3.63) is 34.2 Å². The van der Waals surface area contributed by atoms with E-state index in [4.69, 9.17) is 0 Å². The van der Waals surface area contributed by atoms with Gasteiger partial charge in [0.05, 0.1) is 11.1 Å². The van der Waals surface area contributed by atoms with Gasteiger partial charge in [-0.05, 0) is 31.7 Å². The van der Waals surface area contributed by atoms with Crippen LogP contribution in [0.1, 0.15) is 32.9 Å². The second-order valence-electron chi connectivity index (χ2n) is 5.11. The zero-order valence-corrected chi connectivity index (χ0v) is 12.1. The monoisotopic (exact) mass is 300 g/mol. The van der Waals surface area contributed by atoms with E-state index < -0.39 is 5.97 Å². The summed E-state index contributed by atoms with van der Waals surface area (Å²) in [6.45, 7) is 1.69. The molecule has 0 atom stereocenters. The lowest BCUT2D eigenvalue weighted by Gasteiger charge is -2.03. The summed E-state index contributed by atoms with van der Waals surface area (Å²) >= 11 is 1.70. The summed E-state index contributed by atoms with van der Waals surface area (Å²) in [4.78, 5) is 22.2. The van der Waals surface area contributed by atoms with Crippen LogP contribution >= 0.6 is 11.3 Å². The second kappa shape index (κ2) is 4.36. The van der Waals surface area contributed by atoms with Crippen LogP contribution in [-0.2, 0) is 12.8 Å². The highest BCUT2D eigenvalue weighted by molar-refractivity contribution is 7.19. The van der Waals surface area contributed by atoms with Gasteiger partial charge in [-0.15, -0.1) is 11.3 Å². The molecule has 0 unspecified atom stereocenters. The number of fused-ring (bicyclic) bond motifs is 3. The topological polar surface area (TPSA) is 80.9 Å². The van der Waals surface area contributed by atoms with E-state index in [2.05, 4.69) is 15.1 Å². The quantitative estimate of drug-likeness (QED) is 0.786. The fraction of sp³-hybridized carbons (Fsp3) is 0.286. The first-order valence-electron chi connectivity index (χ1n) is 6.70. The van der Waals surface area contributed by atoms with Gasteiger partial charge < -0.3 is 5.11 Å². The maximum atomic E-state index is 11.2. The molecule has 0 bridgehead atoms. The summed E-state index contributed by atoms with van der Waals surface area (Å²) in [5.41, 5.74) is 1.99. The molecule has 0 spiro atoms. The number of carboxylic acid groups (broad SMARTS) is 1. The zero-order valence-electron chi connectivity index (χ0n) is 11.3. The molecule has 0 saturated carbocycles. The van der Waals surface area contributed by atoms with Crippen molar-refractivity contribution >= 4 is 27.5 Å². The van der Waals surface area contributed by atoms with E-state index in [0.717, 1.165) is 29.5 Å². The number of nitrogens with zero attached hydrogens (tertiary/aromatic N) is 4. The number of carbonyl (C=O) groups is 1. The van der Waals surface area contributed by atoms with E-state index in [1.165, 1.54) is 23.0 Å². The third-order valence-electron chi connectivity index (χ3n) is 3.83. The highest BCUT2D eigenvalue weighted by Crippen LogP contribution is 2.38. The van der Waals surface area contributed by atoms with Crippen molar-refractivity contribution in [2.75, 3.05) is 0 Å². The number of aryl methyl sites for hydroxylation is 3. The van der Waals surface area contributed by atoms with Crippen molar-refractivity contribution in [2.24, 2.45) is 0 Å². The van der Waals surface area contributed by atoms with Crippen molar-refractivity contribution in [3.8, 4) is 5.82 Å². The summed E-state index contributed by atoms with van der Waals surface area (Å²) in [5.74, 6) is -0.297. The molecule has 6 nitrogen and oxygen atoms in total. The van der Waals surface area contributed by atoms with E-state index in [0.29, 0.717) is 11.5 Å². The van der Waals surface area contributed by atoms with Crippen LogP contribution in [-0.4, -0.2) is 30.8 Å². The molecule has 106 valence electrons. The van der Waals surface area contributed by atoms with E-state index >= 15 is 0 Å². The number of aromatic carboxylic acids is 1. The summed E-state index contributed by atoms with van der Waals surface area (Å²) in [6.07, 6.45) is 6.32. The number of hydrogen-bond acceptors (Lipinski definition) is 5. The lowest BCUT2D eigenvalue weighted by Crippen LogP contribution is -2.00. The first-order valence-corrected chi connectivity index (χ1v) is 7.52. The van der Waals surface area contributed by atoms with Crippen LogP contribution in [0.25, 0.3) is 16.0 Å². The van der Waals surface area contributed by atoms with Crippen molar-refractivity contribution < 1.29 is 9.90 Å². The minimum Gasteiger partial charge on any atom is -0.478 e. The van der Waals surface area contributed by atoms with Crippen LogP contribution in [0, 0.1) is 6.92 Å². The molecule has 0 fully saturated rings. The Balaban J connectivity index is 1.98. The highest BCUT2D eigenvalue weighted by Gasteiger charge is 2.23. The third kappa shape index (κ3) is 1.77. The normalized spacial score (nSPS) is 13.8. The van der Waals surface area contributed by atoms with Crippen molar-refractivity contribution in [3.63, 3.8) is 0 Å². The van der Waals surface area contributed by atoms with Gasteiger partial charge in [0.15, 0.2) is 5.82 Å². The zero-order chi connectivity index (χ0) is 14.6. The molecule has 1 aliphatic carbocycles. The van der Waals surface area contributed by atoms with Gasteiger partial charge in [0.25, 0.3) is 0 Å². The van der Waals surface area contributed by atoms with Crippen molar-refractivity contribution in [2.45, 2.75) is 26.2 Å². The fourth-order valence-electron chi connectivity index (χ4n) is 2.86. The average Bonchev–Trinajstić information content (AvgIpc) is 3.10. The third-order valence-corrected chi connectivity index (χ3v) is 5.03. The lowest BCUT2D eigenvalue weighted by molar-refractivity contribution is 0.0696. The predicted molar refractivity (Wildman–Crippen MR) is 78.3 cm³/mol. The van der Waals surface area contributed by atoms with Gasteiger partial charge in [-0.3, -0.25) is 0 Å². The standard InChI is InChI=1S/C14H12N4O2S/c1-7-9(14(19)20)5-18(17-7)12-11-8-3-2-4-10(8)21-13(11)16-6-15-12/h5-6H,2-4H2,1H3,(H,19,20). The minimum atomic E-state index is -0.973. The molecule has 3 aromatic rings. The second-order valence-corrected chi connectivity index (χ2v) is 6.20. The molecule has 21 heavy (non-hydrogen) atoms. The average molecular weight is 300 g/mol. The Hall–Kier alpha value is -2.28. The van der Waals surface area contributed by atoms with Gasteiger partial charge in [-0.1, -0.05) is 0 Å². The Bertz CT molecular complexity index is 881. The summed E-state index contributed by atoms with van der Waals surface area (Å²) in [7, 11) is 0. The molecular formula is C14H12N4O2S. The molecule has 1 N–H and O–H groups in total. The Morgan fingerprint density at radius 1 is 1.38 bits per heavy atom. The SMILES string of the molecule is Cc1nn(-c2ncnc3sc4c(c23)CCC4)cc1C(=O)O. The largest absolute Gasteiger partial charge is 0.478 e. The number of aromatic nitrogens is 4. The minimum absolute atomic E-state index is 0.202. The molecule has 0 radical (unpaired) electrons. The molecule has 4 rings (SSSR count). The first kappa shape index (κ1) is 12.5. The molecule has 3 heterocycles. The number of thiophene rings is 1. The Morgan fingerprint density at radius 3 is 3.00 bits per heavy atom. The predicted octanol–water partition coefficient (Wildman–Crippen LogP) is 2.37. The van der Waals surface area contributed by atoms with E-state index in [9.17, 15) is 9.90 Å². The maximum absolute atomic E-state index is 11.2. The molecule has 0 amide bonds. The van der Waals surface area contributed by atoms with Crippen LogP contribution in [0.3, 0.4) is 0 Å². The van der Waals surface area contributed by atoms with Crippen LogP contribution in [0.5, 0.6) is 0 Å². The highest BCUT2D eigenvalue weighted by atomic mass is 32.1.